The Morgan fingerprint density at radius 3 is 2.52 bits per heavy atom. The molecule has 0 spiro atoms. The highest BCUT2D eigenvalue weighted by Crippen LogP contribution is 2.22. The molecule has 1 N–H and O–H groups in total. The minimum absolute atomic E-state index is 0.193. The third-order valence-electron chi connectivity index (χ3n) is 2.73. The molecule has 4 heteroatoms. The third-order valence-corrected chi connectivity index (χ3v) is 2.73. The molecule has 2 aromatic rings. The largest absolute Gasteiger partial charge is 0.488 e. The summed E-state index contributed by atoms with van der Waals surface area (Å²) in [6, 6.07) is 13.0. The average Bonchev–Trinajstić information content (AvgIpc) is 2.45. The van der Waals surface area contributed by atoms with E-state index in [0.29, 0.717) is 12.2 Å². The number of ether oxygens (including phenoxy) is 1. The molecule has 0 bridgehead atoms. The van der Waals surface area contributed by atoms with Gasteiger partial charge in [-0.15, -0.1) is 0 Å². The lowest BCUT2D eigenvalue weighted by atomic mass is 10.1. The molecule has 0 saturated heterocycles. The Hall–Kier alpha value is -2.36. The second-order valence-electron chi connectivity index (χ2n) is 5.72. The maximum Gasteiger partial charge on any atom is 0.270 e. The average molecular weight is 284 g/mol. The summed E-state index contributed by atoms with van der Waals surface area (Å²) in [4.78, 5) is 16.0. The van der Waals surface area contributed by atoms with Crippen molar-refractivity contribution >= 4 is 5.91 Å². The number of amides is 1. The lowest BCUT2D eigenvalue weighted by Crippen LogP contribution is -2.26. The summed E-state index contributed by atoms with van der Waals surface area (Å²) < 4.78 is 5.90. The van der Waals surface area contributed by atoms with E-state index in [2.05, 4.69) is 10.3 Å². The summed E-state index contributed by atoms with van der Waals surface area (Å²) in [7, 11) is 0. The predicted molar refractivity (Wildman–Crippen MR) is 82.2 cm³/mol. The minimum atomic E-state index is -0.277. The lowest BCUT2D eigenvalue weighted by molar-refractivity contribution is 0.0944. The van der Waals surface area contributed by atoms with E-state index in [0.717, 1.165) is 11.3 Å². The van der Waals surface area contributed by atoms with Crippen LogP contribution in [-0.2, 0) is 6.54 Å². The number of nitrogens with one attached hydrogen (secondary N) is 1. The molecule has 0 radical (unpaired) electrons. The van der Waals surface area contributed by atoms with Gasteiger partial charge in [-0.25, -0.2) is 0 Å². The maximum absolute atomic E-state index is 12.0. The first-order valence-corrected chi connectivity index (χ1v) is 6.92. The quantitative estimate of drug-likeness (QED) is 0.938. The van der Waals surface area contributed by atoms with Crippen molar-refractivity contribution in [2.75, 3.05) is 0 Å². The van der Waals surface area contributed by atoms with Crippen LogP contribution in [0.1, 0.15) is 36.8 Å². The Balaban J connectivity index is 2.05. The third kappa shape index (κ3) is 4.60. The zero-order valence-electron chi connectivity index (χ0n) is 12.6. The van der Waals surface area contributed by atoms with Crippen molar-refractivity contribution in [1.82, 2.24) is 10.3 Å². The van der Waals surface area contributed by atoms with Crippen LogP contribution in [0.25, 0.3) is 0 Å². The molecule has 110 valence electrons. The van der Waals surface area contributed by atoms with Crippen LogP contribution in [0.2, 0.25) is 0 Å². The van der Waals surface area contributed by atoms with Crippen molar-refractivity contribution in [3.63, 3.8) is 0 Å². The normalized spacial score (nSPS) is 11.0. The summed E-state index contributed by atoms with van der Waals surface area (Å²) in [6.07, 6.45) is 1.60. The number of hydrogen-bond acceptors (Lipinski definition) is 3. The second-order valence-corrected chi connectivity index (χ2v) is 5.72. The van der Waals surface area contributed by atoms with Crippen molar-refractivity contribution in [2.45, 2.75) is 32.9 Å². The molecule has 1 heterocycles. The maximum atomic E-state index is 12.0. The molecule has 0 unspecified atom stereocenters. The van der Waals surface area contributed by atoms with Gasteiger partial charge in [0.05, 0.1) is 0 Å². The number of rotatable bonds is 4. The number of pyridine rings is 1. The molecule has 1 aromatic heterocycles. The Kier molecular flexibility index (Phi) is 4.58. The van der Waals surface area contributed by atoms with E-state index in [4.69, 9.17) is 4.74 Å². The Morgan fingerprint density at radius 2 is 1.86 bits per heavy atom. The highest BCUT2D eigenvalue weighted by atomic mass is 16.5. The van der Waals surface area contributed by atoms with E-state index in [9.17, 15) is 4.79 Å². The van der Waals surface area contributed by atoms with Crippen molar-refractivity contribution in [1.29, 1.82) is 0 Å². The highest BCUT2D eigenvalue weighted by Gasteiger charge is 2.15. The van der Waals surface area contributed by atoms with Gasteiger partial charge in [0.25, 0.3) is 5.91 Å². The zero-order chi connectivity index (χ0) is 15.3. The van der Waals surface area contributed by atoms with Gasteiger partial charge in [-0.1, -0.05) is 24.3 Å². The number of benzene rings is 1. The molecule has 0 aliphatic rings. The smallest absolute Gasteiger partial charge is 0.270 e. The molecule has 2 rings (SSSR count). The molecule has 0 aliphatic carbocycles. The van der Waals surface area contributed by atoms with Crippen LogP contribution in [0.5, 0.6) is 5.75 Å². The van der Waals surface area contributed by atoms with E-state index in [-0.39, 0.29) is 11.5 Å². The van der Waals surface area contributed by atoms with Gasteiger partial charge in [-0.2, -0.15) is 0 Å². The molecular formula is C17H20N2O2. The first kappa shape index (κ1) is 15.0. The van der Waals surface area contributed by atoms with Crippen molar-refractivity contribution in [3.05, 3.63) is 59.9 Å². The number of para-hydroxylation sites is 1. The van der Waals surface area contributed by atoms with Gasteiger partial charge in [0, 0.05) is 18.3 Å². The first-order valence-electron chi connectivity index (χ1n) is 6.92. The van der Waals surface area contributed by atoms with Crippen LogP contribution in [0.3, 0.4) is 0 Å². The lowest BCUT2D eigenvalue weighted by Gasteiger charge is -2.23. The van der Waals surface area contributed by atoms with Crippen LogP contribution in [0.4, 0.5) is 0 Å². The Morgan fingerprint density at radius 1 is 1.14 bits per heavy atom. The molecule has 1 amide bonds. The van der Waals surface area contributed by atoms with E-state index in [1.165, 1.54) is 0 Å². The van der Waals surface area contributed by atoms with E-state index in [1.54, 1.807) is 24.4 Å². The number of nitrogens with zero attached hydrogens (tertiary/aromatic N) is 1. The van der Waals surface area contributed by atoms with Gasteiger partial charge in [0.2, 0.25) is 0 Å². The number of hydrogen-bond donors (Lipinski definition) is 1. The number of carbonyl (C=O) groups is 1. The first-order chi connectivity index (χ1) is 9.96. The van der Waals surface area contributed by atoms with Gasteiger partial charge < -0.3 is 10.1 Å². The van der Waals surface area contributed by atoms with Gasteiger partial charge >= 0.3 is 0 Å². The van der Waals surface area contributed by atoms with Gasteiger partial charge in [-0.3, -0.25) is 9.78 Å². The second kappa shape index (κ2) is 6.39. The van der Waals surface area contributed by atoms with E-state index in [1.807, 2.05) is 45.0 Å². The molecule has 0 atom stereocenters. The summed E-state index contributed by atoms with van der Waals surface area (Å²) in [5.41, 5.74) is 1.07. The van der Waals surface area contributed by atoms with Crippen molar-refractivity contribution in [2.24, 2.45) is 0 Å². The van der Waals surface area contributed by atoms with Crippen LogP contribution >= 0.6 is 0 Å². The molecule has 4 nitrogen and oxygen atoms in total. The van der Waals surface area contributed by atoms with Crippen LogP contribution < -0.4 is 10.1 Å². The highest BCUT2D eigenvalue weighted by molar-refractivity contribution is 5.92. The topological polar surface area (TPSA) is 51.2 Å². The predicted octanol–water partition coefficient (Wildman–Crippen LogP) is 3.19. The monoisotopic (exact) mass is 284 g/mol. The van der Waals surface area contributed by atoms with E-state index < -0.39 is 0 Å². The minimum Gasteiger partial charge on any atom is -0.488 e. The molecule has 0 aliphatic heterocycles. The van der Waals surface area contributed by atoms with Crippen LogP contribution in [0.15, 0.2) is 48.7 Å². The molecule has 21 heavy (non-hydrogen) atoms. The fourth-order valence-corrected chi connectivity index (χ4v) is 1.84. The SMILES string of the molecule is CC(C)(C)Oc1ccccc1CNC(=O)c1ccccn1. The van der Waals surface area contributed by atoms with E-state index >= 15 is 0 Å². The van der Waals surface area contributed by atoms with Gasteiger partial charge in [0.15, 0.2) is 0 Å². The summed E-state index contributed by atoms with van der Waals surface area (Å²) in [5, 5.41) is 2.86. The molecule has 0 fully saturated rings. The fraction of sp³-hybridized carbons (Fsp3) is 0.294. The van der Waals surface area contributed by atoms with Gasteiger partial charge in [-0.05, 0) is 39.0 Å². The summed E-state index contributed by atoms with van der Waals surface area (Å²) in [6.45, 7) is 6.39. The Bertz CT molecular complexity index is 604. The molecule has 1 aromatic carbocycles. The zero-order valence-corrected chi connectivity index (χ0v) is 12.6. The summed E-state index contributed by atoms with van der Waals surface area (Å²) in [5.74, 6) is 0.590. The Labute approximate surface area is 125 Å². The van der Waals surface area contributed by atoms with Crippen molar-refractivity contribution < 1.29 is 9.53 Å². The number of aromatic nitrogens is 1. The fourth-order valence-electron chi connectivity index (χ4n) is 1.84. The number of carbonyl (C=O) groups excluding carboxylic acids is 1. The summed E-state index contributed by atoms with van der Waals surface area (Å²) >= 11 is 0. The van der Waals surface area contributed by atoms with Gasteiger partial charge in [0.1, 0.15) is 17.0 Å². The molecular weight excluding hydrogens is 264 g/mol. The van der Waals surface area contributed by atoms with Crippen LogP contribution in [-0.4, -0.2) is 16.5 Å². The van der Waals surface area contributed by atoms with Crippen molar-refractivity contribution in [3.8, 4) is 5.75 Å². The molecule has 0 saturated carbocycles. The van der Waals surface area contributed by atoms with Crippen LogP contribution in [0, 0.1) is 0 Å². The standard InChI is InChI=1S/C17H20N2O2/c1-17(2,3)21-15-10-5-4-8-13(15)12-19-16(20)14-9-6-7-11-18-14/h4-11H,12H2,1-3H3,(H,19,20).